The number of aromatic nitrogens is 1. The quantitative estimate of drug-likeness (QED) is 0.871. The number of halogens is 2. The van der Waals surface area contributed by atoms with Gasteiger partial charge in [-0.2, -0.15) is 0 Å². The molecule has 1 aromatic carbocycles. The average molecular weight is 326 g/mol. The third-order valence-corrected chi connectivity index (χ3v) is 3.26. The molecule has 0 bridgehead atoms. The molecule has 0 radical (unpaired) electrons. The van der Waals surface area contributed by atoms with E-state index in [0.29, 0.717) is 21.7 Å². The topological polar surface area (TPSA) is 42.0 Å². The van der Waals surface area contributed by atoms with Crippen molar-refractivity contribution in [3.05, 3.63) is 58.3 Å². The molecule has 1 aromatic heterocycles. The normalized spacial score (nSPS) is 10.1. The molecule has 0 spiro atoms. The van der Waals surface area contributed by atoms with Crippen LogP contribution >= 0.6 is 27.5 Å². The van der Waals surface area contributed by atoms with Gasteiger partial charge in [0.2, 0.25) is 0 Å². The van der Waals surface area contributed by atoms with Crippen LogP contribution in [0, 0.1) is 0 Å². The van der Waals surface area contributed by atoms with E-state index in [-0.39, 0.29) is 5.91 Å². The van der Waals surface area contributed by atoms with E-state index >= 15 is 0 Å². The fourth-order valence-electron chi connectivity index (χ4n) is 1.48. The van der Waals surface area contributed by atoms with Crippen LogP contribution in [0.5, 0.6) is 0 Å². The Balaban J connectivity index is 2.19. The Morgan fingerprint density at radius 1 is 1.33 bits per heavy atom. The van der Waals surface area contributed by atoms with E-state index in [1.807, 2.05) is 24.3 Å². The molecule has 0 aliphatic carbocycles. The molecular weight excluding hydrogens is 316 g/mol. The number of rotatable bonds is 3. The molecule has 2 rings (SSSR count). The van der Waals surface area contributed by atoms with Gasteiger partial charge in [0, 0.05) is 22.2 Å². The molecule has 92 valence electrons. The predicted molar refractivity (Wildman–Crippen MR) is 75.9 cm³/mol. The van der Waals surface area contributed by atoms with Crippen molar-refractivity contribution in [2.75, 3.05) is 5.32 Å². The van der Waals surface area contributed by atoms with Crippen LogP contribution in [0.3, 0.4) is 0 Å². The van der Waals surface area contributed by atoms with E-state index in [1.54, 1.807) is 18.3 Å². The lowest BCUT2D eigenvalue weighted by molar-refractivity contribution is 0.102. The number of hydrogen-bond acceptors (Lipinski definition) is 2. The first-order chi connectivity index (χ1) is 8.70. The minimum absolute atomic E-state index is 0.255. The van der Waals surface area contributed by atoms with Crippen molar-refractivity contribution < 1.29 is 4.79 Å². The number of pyridine rings is 1. The van der Waals surface area contributed by atoms with Crippen molar-refractivity contribution in [2.24, 2.45) is 0 Å². The summed E-state index contributed by atoms with van der Waals surface area (Å²) >= 11 is 9.04. The Bertz CT molecular complexity index is 574. The molecule has 3 nitrogen and oxygen atoms in total. The summed E-state index contributed by atoms with van der Waals surface area (Å²) in [5.74, 6) is 0.158. The zero-order valence-corrected chi connectivity index (χ0v) is 11.7. The minimum atomic E-state index is -0.255. The van der Waals surface area contributed by atoms with Gasteiger partial charge < -0.3 is 5.32 Å². The van der Waals surface area contributed by atoms with Gasteiger partial charge in [-0.05, 0) is 45.8 Å². The van der Waals surface area contributed by atoms with Crippen LogP contribution in [0.1, 0.15) is 16.1 Å². The summed E-state index contributed by atoms with van der Waals surface area (Å²) in [7, 11) is 0. The Kier molecular flexibility index (Phi) is 4.33. The number of nitrogens with zero attached hydrogens (tertiary/aromatic N) is 1. The fraction of sp³-hybridized carbons (Fsp3) is 0.0769. The molecule has 18 heavy (non-hydrogen) atoms. The zero-order valence-electron chi connectivity index (χ0n) is 9.36. The maximum Gasteiger partial charge on any atom is 0.275 e. The summed E-state index contributed by atoms with van der Waals surface area (Å²) < 4.78 is 0.663. The Morgan fingerprint density at radius 2 is 2.17 bits per heavy atom. The van der Waals surface area contributed by atoms with E-state index < -0.39 is 0 Å². The van der Waals surface area contributed by atoms with Crippen molar-refractivity contribution in [1.29, 1.82) is 0 Å². The second-order valence-electron chi connectivity index (χ2n) is 3.62. The van der Waals surface area contributed by atoms with Gasteiger partial charge in [0.25, 0.3) is 5.91 Å². The van der Waals surface area contributed by atoms with Crippen LogP contribution in [0.15, 0.2) is 47.1 Å². The lowest BCUT2D eigenvalue weighted by atomic mass is 10.2. The second-order valence-corrected chi connectivity index (χ2v) is 4.74. The molecule has 0 atom stereocenters. The van der Waals surface area contributed by atoms with Crippen molar-refractivity contribution >= 4 is 39.1 Å². The molecule has 1 amide bonds. The number of alkyl halides is 1. The van der Waals surface area contributed by atoms with Gasteiger partial charge in [-0.3, -0.25) is 4.79 Å². The highest BCUT2D eigenvalue weighted by Crippen LogP contribution is 2.17. The fourth-order valence-corrected chi connectivity index (χ4v) is 2.08. The molecule has 1 heterocycles. The van der Waals surface area contributed by atoms with Gasteiger partial charge in [-0.25, -0.2) is 4.98 Å². The molecule has 0 aliphatic heterocycles. The number of hydrogen-bond donors (Lipinski definition) is 1. The standard InChI is InChI=1S/C13H10BrClN2O/c14-11-5-2-6-16-12(11)13(18)17-10-4-1-3-9(7-10)8-15/h1-7H,8H2,(H,17,18). The Hall–Kier alpha value is -1.39. The van der Waals surface area contributed by atoms with Gasteiger partial charge in [0.05, 0.1) is 0 Å². The number of anilines is 1. The van der Waals surface area contributed by atoms with Crippen LogP contribution in [-0.4, -0.2) is 10.9 Å². The highest BCUT2D eigenvalue weighted by atomic mass is 79.9. The first kappa shape index (κ1) is 13.1. The van der Waals surface area contributed by atoms with Gasteiger partial charge in [0.1, 0.15) is 5.69 Å². The van der Waals surface area contributed by atoms with Crippen molar-refractivity contribution in [3.8, 4) is 0 Å². The molecule has 2 aromatic rings. The molecule has 5 heteroatoms. The van der Waals surface area contributed by atoms with E-state index in [0.717, 1.165) is 5.56 Å². The monoisotopic (exact) mass is 324 g/mol. The summed E-state index contributed by atoms with van der Waals surface area (Å²) in [5.41, 5.74) is 2.01. The first-order valence-corrected chi connectivity index (χ1v) is 6.60. The van der Waals surface area contributed by atoms with Crippen LogP contribution in [0.25, 0.3) is 0 Å². The largest absolute Gasteiger partial charge is 0.321 e. The van der Waals surface area contributed by atoms with Crippen LogP contribution in [-0.2, 0) is 5.88 Å². The Morgan fingerprint density at radius 3 is 2.89 bits per heavy atom. The summed E-state index contributed by atoms with van der Waals surface area (Å²) in [6.45, 7) is 0. The van der Waals surface area contributed by atoms with E-state index in [9.17, 15) is 4.79 Å². The summed E-state index contributed by atoms with van der Waals surface area (Å²) in [5, 5.41) is 2.78. The smallest absolute Gasteiger partial charge is 0.275 e. The van der Waals surface area contributed by atoms with Crippen LogP contribution in [0.2, 0.25) is 0 Å². The summed E-state index contributed by atoms with van der Waals surface area (Å²) in [4.78, 5) is 16.0. The first-order valence-electron chi connectivity index (χ1n) is 5.27. The van der Waals surface area contributed by atoms with Crippen molar-refractivity contribution in [1.82, 2.24) is 4.98 Å². The molecule has 0 saturated heterocycles. The third kappa shape index (κ3) is 3.09. The summed E-state index contributed by atoms with van der Waals surface area (Å²) in [6, 6.07) is 10.9. The maximum atomic E-state index is 12.0. The number of nitrogens with one attached hydrogen (secondary N) is 1. The minimum Gasteiger partial charge on any atom is -0.321 e. The number of carbonyl (C=O) groups is 1. The van der Waals surface area contributed by atoms with E-state index in [4.69, 9.17) is 11.6 Å². The Labute approximate surface area is 118 Å². The lowest BCUT2D eigenvalue weighted by Gasteiger charge is -2.06. The van der Waals surface area contributed by atoms with Crippen molar-refractivity contribution in [2.45, 2.75) is 5.88 Å². The molecule has 0 unspecified atom stereocenters. The number of carbonyl (C=O) groups excluding carboxylic acids is 1. The summed E-state index contributed by atoms with van der Waals surface area (Å²) in [6.07, 6.45) is 1.58. The van der Waals surface area contributed by atoms with Gasteiger partial charge in [-0.1, -0.05) is 12.1 Å². The highest BCUT2D eigenvalue weighted by Gasteiger charge is 2.11. The molecule has 1 N–H and O–H groups in total. The molecular formula is C13H10BrClN2O. The molecule has 0 fully saturated rings. The highest BCUT2D eigenvalue weighted by molar-refractivity contribution is 9.10. The van der Waals surface area contributed by atoms with E-state index in [2.05, 4.69) is 26.2 Å². The molecule has 0 aliphatic rings. The van der Waals surface area contributed by atoms with Gasteiger partial charge >= 0.3 is 0 Å². The van der Waals surface area contributed by atoms with Crippen LogP contribution in [0.4, 0.5) is 5.69 Å². The average Bonchev–Trinajstić information content (AvgIpc) is 2.39. The van der Waals surface area contributed by atoms with Crippen LogP contribution < -0.4 is 5.32 Å². The molecule has 0 saturated carbocycles. The van der Waals surface area contributed by atoms with Gasteiger partial charge in [-0.15, -0.1) is 11.6 Å². The number of amides is 1. The van der Waals surface area contributed by atoms with Gasteiger partial charge in [0.15, 0.2) is 0 Å². The predicted octanol–water partition coefficient (Wildman–Crippen LogP) is 3.84. The lowest BCUT2D eigenvalue weighted by Crippen LogP contribution is -2.14. The number of benzene rings is 1. The zero-order chi connectivity index (χ0) is 13.0. The van der Waals surface area contributed by atoms with Crippen molar-refractivity contribution in [3.63, 3.8) is 0 Å². The third-order valence-electron chi connectivity index (χ3n) is 2.31. The van der Waals surface area contributed by atoms with E-state index in [1.165, 1.54) is 0 Å². The maximum absolute atomic E-state index is 12.0. The SMILES string of the molecule is O=C(Nc1cccc(CCl)c1)c1ncccc1Br. The second kappa shape index (κ2) is 5.98.